The number of rotatable bonds is 5. The van der Waals surface area contributed by atoms with E-state index in [-0.39, 0.29) is 5.91 Å². The Morgan fingerprint density at radius 3 is 2.52 bits per heavy atom. The van der Waals surface area contributed by atoms with Gasteiger partial charge in [-0.3, -0.25) is 4.79 Å². The normalized spacial score (nSPS) is 12.2. The Bertz CT molecular complexity index is 1260. The van der Waals surface area contributed by atoms with E-state index < -0.39 is 0 Å². The second-order valence-electron chi connectivity index (χ2n) is 8.08. The second-order valence-corrected chi connectivity index (χ2v) is 8.49. The van der Waals surface area contributed by atoms with Gasteiger partial charge in [0.15, 0.2) is 5.58 Å². The van der Waals surface area contributed by atoms with Gasteiger partial charge in [-0.1, -0.05) is 48.7 Å². The van der Waals surface area contributed by atoms with Gasteiger partial charge in [-0.05, 0) is 74.2 Å². The molecule has 1 heterocycles. The summed E-state index contributed by atoms with van der Waals surface area (Å²) in [6, 6.07) is 17.3. The van der Waals surface area contributed by atoms with E-state index in [1.165, 1.54) is 5.56 Å². The number of oxazole rings is 1. The van der Waals surface area contributed by atoms with Crippen LogP contribution in [0.2, 0.25) is 5.02 Å². The summed E-state index contributed by atoms with van der Waals surface area (Å²) in [5.74, 6) is 0.753. The van der Waals surface area contributed by atoms with Gasteiger partial charge < -0.3 is 9.73 Å². The zero-order valence-electron chi connectivity index (χ0n) is 18.1. The Kier molecular flexibility index (Phi) is 5.84. The van der Waals surface area contributed by atoms with Crippen molar-refractivity contribution in [2.24, 2.45) is 0 Å². The quantitative estimate of drug-likeness (QED) is 0.354. The number of amides is 1. The number of hydrogen-bond acceptors (Lipinski definition) is 3. The molecular formula is C26H25ClN2O2. The van der Waals surface area contributed by atoms with Gasteiger partial charge in [0, 0.05) is 11.1 Å². The van der Waals surface area contributed by atoms with Crippen molar-refractivity contribution < 1.29 is 9.21 Å². The minimum Gasteiger partial charge on any atom is -0.436 e. The third-order valence-corrected chi connectivity index (χ3v) is 5.87. The minimum atomic E-state index is -0.207. The third-order valence-electron chi connectivity index (χ3n) is 5.54. The minimum absolute atomic E-state index is 0.207. The number of anilines is 1. The van der Waals surface area contributed by atoms with Gasteiger partial charge in [0.1, 0.15) is 5.52 Å². The van der Waals surface area contributed by atoms with Crippen LogP contribution in [0.4, 0.5) is 5.69 Å². The summed E-state index contributed by atoms with van der Waals surface area (Å²) in [4.78, 5) is 17.4. The SMILES string of the molecule is CC[C@H](C)c1ccc2oc(-c3ccc(Cl)c(NC(=O)c4cc(C)cc(C)c4)c3)nc2c1. The number of fused-ring (bicyclic) bond motifs is 1. The average molecular weight is 433 g/mol. The summed E-state index contributed by atoms with van der Waals surface area (Å²) in [5.41, 5.74) is 6.74. The maximum atomic E-state index is 12.8. The highest BCUT2D eigenvalue weighted by Crippen LogP contribution is 2.32. The van der Waals surface area contributed by atoms with E-state index in [1.54, 1.807) is 12.1 Å². The second kappa shape index (κ2) is 8.56. The highest BCUT2D eigenvalue weighted by Gasteiger charge is 2.14. The van der Waals surface area contributed by atoms with E-state index in [4.69, 9.17) is 16.0 Å². The maximum Gasteiger partial charge on any atom is 0.255 e. The van der Waals surface area contributed by atoms with Gasteiger partial charge in [-0.15, -0.1) is 0 Å². The summed E-state index contributed by atoms with van der Waals surface area (Å²) in [6.07, 6.45) is 1.07. The molecular weight excluding hydrogens is 408 g/mol. The van der Waals surface area contributed by atoms with Gasteiger partial charge in [-0.2, -0.15) is 0 Å². The van der Waals surface area contributed by atoms with Crippen LogP contribution in [0.25, 0.3) is 22.6 Å². The molecule has 1 N–H and O–H groups in total. The zero-order chi connectivity index (χ0) is 22.1. The summed E-state index contributed by atoms with van der Waals surface area (Å²) in [6.45, 7) is 8.31. The molecule has 0 spiro atoms. The van der Waals surface area contributed by atoms with Crippen LogP contribution in [-0.2, 0) is 0 Å². The molecule has 31 heavy (non-hydrogen) atoms. The molecule has 4 aromatic rings. The molecule has 0 aliphatic heterocycles. The van der Waals surface area contributed by atoms with Crippen molar-refractivity contribution in [1.29, 1.82) is 0 Å². The molecule has 0 unspecified atom stereocenters. The number of carbonyl (C=O) groups is 1. The smallest absolute Gasteiger partial charge is 0.255 e. The lowest BCUT2D eigenvalue weighted by Crippen LogP contribution is -2.12. The zero-order valence-corrected chi connectivity index (χ0v) is 18.9. The van der Waals surface area contributed by atoms with Gasteiger partial charge in [0.25, 0.3) is 5.91 Å². The molecule has 158 valence electrons. The number of carbonyl (C=O) groups excluding carboxylic acids is 1. The molecule has 0 radical (unpaired) electrons. The van der Waals surface area contributed by atoms with E-state index in [0.29, 0.717) is 28.1 Å². The number of hydrogen-bond donors (Lipinski definition) is 1. The molecule has 0 aliphatic carbocycles. The molecule has 4 rings (SSSR count). The summed E-state index contributed by atoms with van der Waals surface area (Å²) in [5, 5.41) is 3.37. The largest absolute Gasteiger partial charge is 0.436 e. The number of nitrogens with zero attached hydrogens (tertiary/aromatic N) is 1. The first-order valence-electron chi connectivity index (χ1n) is 10.4. The number of benzene rings is 3. The van der Waals surface area contributed by atoms with E-state index in [1.807, 2.05) is 44.2 Å². The molecule has 5 heteroatoms. The number of halogens is 1. The van der Waals surface area contributed by atoms with Crippen LogP contribution in [0, 0.1) is 13.8 Å². The standard InChI is InChI=1S/C26H25ClN2O2/c1-5-17(4)18-7-9-24-23(13-18)29-26(31-24)19-6-8-21(27)22(14-19)28-25(30)20-11-15(2)10-16(3)12-20/h6-14,17H,5H2,1-4H3,(H,28,30)/t17-/m0/s1. The van der Waals surface area contributed by atoms with E-state index >= 15 is 0 Å². The van der Waals surface area contributed by atoms with Crippen molar-refractivity contribution in [3.05, 3.63) is 81.9 Å². The van der Waals surface area contributed by atoms with Crippen LogP contribution in [0.15, 0.2) is 59.0 Å². The van der Waals surface area contributed by atoms with Crippen molar-refractivity contribution in [2.45, 2.75) is 40.0 Å². The van der Waals surface area contributed by atoms with E-state index in [0.717, 1.165) is 34.2 Å². The Morgan fingerprint density at radius 1 is 1.06 bits per heavy atom. The Balaban J connectivity index is 1.65. The predicted octanol–water partition coefficient (Wildman–Crippen LogP) is 7.53. The number of nitrogens with one attached hydrogen (secondary N) is 1. The first-order chi connectivity index (χ1) is 14.8. The molecule has 1 amide bonds. The van der Waals surface area contributed by atoms with Gasteiger partial charge >= 0.3 is 0 Å². The fourth-order valence-electron chi connectivity index (χ4n) is 3.66. The molecule has 1 atom stereocenters. The average Bonchev–Trinajstić information content (AvgIpc) is 3.17. The molecule has 1 aromatic heterocycles. The Morgan fingerprint density at radius 2 is 1.81 bits per heavy atom. The lowest BCUT2D eigenvalue weighted by Gasteiger charge is -2.10. The van der Waals surface area contributed by atoms with Crippen LogP contribution < -0.4 is 5.32 Å². The van der Waals surface area contributed by atoms with Crippen molar-refractivity contribution >= 4 is 34.3 Å². The molecule has 0 saturated carbocycles. The van der Waals surface area contributed by atoms with E-state index in [2.05, 4.69) is 36.3 Å². The molecule has 0 saturated heterocycles. The third kappa shape index (κ3) is 4.49. The Labute approximate surface area is 187 Å². The lowest BCUT2D eigenvalue weighted by molar-refractivity contribution is 0.102. The van der Waals surface area contributed by atoms with Gasteiger partial charge in [0.05, 0.1) is 10.7 Å². The molecule has 0 bridgehead atoms. The first-order valence-corrected chi connectivity index (χ1v) is 10.8. The number of aryl methyl sites for hydroxylation is 2. The van der Waals surface area contributed by atoms with Crippen LogP contribution in [-0.4, -0.2) is 10.9 Å². The first kappa shape index (κ1) is 21.1. The highest BCUT2D eigenvalue weighted by molar-refractivity contribution is 6.34. The lowest BCUT2D eigenvalue weighted by atomic mass is 9.98. The van der Waals surface area contributed by atoms with Crippen molar-refractivity contribution in [2.75, 3.05) is 5.32 Å². The van der Waals surface area contributed by atoms with E-state index in [9.17, 15) is 4.79 Å². The van der Waals surface area contributed by atoms with Crippen molar-refractivity contribution in [3.63, 3.8) is 0 Å². The molecule has 3 aromatic carbocycles. The molecule has 4 nitrogen and oxygen atoms in total. The predicted molar refractivity (Wildman–Crippen MR) is 127 cm³/mol. The van der Waals surface area contributed by atoms with Crippen LogP contribution in [0.5, 0.6) is 0 Å². The fourth-order valence-corrected chi connectivity index (χ4v) is 3.83. The summed E-state index contributed by atoms with van der Waals surface area (Å²) in [7, 11) is 0. The van der Waals surface area contributed by atoms with Gasteiger partial charge in [0.2, 0.25) is 5.89 Å². The van der Waals surface area contributed by atoms with Gasteiger partial charge in [-0.25, -0.2) is 4.98 Å². The van der Waals surface area contributed by atoms with Crippen molar-refractivity contribution in [3.8, 4) is 11.5 Å². The molecule has 0 fully saturated rings. The maximum absolute atomic E-state index is 12.8. The monoisotopic (exact) mass is 432 g/mol. The van der Waals surface area contributed by atoms with Crippen LogP contribution >= 0.6 is 11.6 Å². The summed E-state index contributed by atoms with van der Waals surface area (Å²) < 4.78 is 5.97. The van der Waals surface area contributed by atoms with Crippen LogP contribution in [0.1, 0.15) is 53.2 Å². The Hall–Kier alpha value is -3.11. The highest BCUT2D eigenvalue weighted by atomic mass is 35.5. The van der Waals surface area contributed by atoms with Crippen molar-refractivity contribution in [1.82, 2.24) is 4.98 Å². The van der Waals surface area contributed by atoms with Crippen LogP contribution in [0.3, 0.4) is 0 Å². The fraction of sp³-hybridized carbons (Fsp3) is 0.231. The topological polar surface area (TPSA) is 55.1 Å². The summed E-state index contributed by atoms with van der Waals surface area (Å²) >= 11 is 6.36. The number of aromatic nitrogens is 1. The molecule has 0 aliphatic rings.